The van der Waals surface area contributed by atoms with Gasteiger partial charge in [0, 0.05) is 6.04 Å². The van der Waals surface area contributed by atoms with Crippen LogP contribution in [-0.2, 0) is 0 Å². The third-order valence-electron chi connectivity index (χ3n) is 3.73. The first-order valence-electron chi connectivity index (χ1n) is 6.43. The molecule has 0 bridgehead atoms. The van der Waals surface area contributed by atoms with Crippen molar-refractivity contribution in [3.05, 3.63) is 39.9 Å². The number of halogens is 1. The molecule has 1 saturated carbocycles. The van der Waals surface area contributed by atoms with Crippen LogP contribution >= 0.6 is 11.6 Å². The molecule has 1 aromatic heterocycles. The number of hydrogen-bond donors (Lipinski definition) is 0. The predicted molar refractivity (Wildman–Crippen MR) is 73.1 cm³/mol. The molecule has 0 amide bonds. The zero-order valence-electron chi connectivity index (χ0n) is 10.1. The molecular formula is C14H15ClN2O. The molecule has 18 heavy (non-hydrogen) atoms. The summed E-state index contributed by atoms with van der Waals surface area (Å²) in [5.41, 5.74) is 0.678. The predicted octanol–water partition coefficient (Wildman–Crippen LogP) is 3.56. The second-order valence-electron chi connectivity index (χ2n) is 4.88. The van der Waals surface area contributed by atoms with Crippen LogP contribution in [0.15, 0.2) is 29.3 Å². The lowest BCUT2D eigenvalue weighted by Gasteiger charge is -2.23. The number of aromatic nitrogens is 2. The Balaban J connectivity index is 2.16. The van der Waals surface area contributed by atoms with E-state index in [4.69, 9.17) is 11.6 Å². The summed E-state index contributed by atoms with van der Waals surface area (Å²) < 4.78 is 1.77. The molecule has 94 valence electrons. The largest absolute Gasteiger partial charge is 0.296 e. The van der Waals surface area contributed by atoms with Crippen LogP contribution in [0.5, 0.6) is 0 Å². The molecule has 0 atom stereocenters. The summed E-state index contributed by atoms with van der Waals surface area (Å²) in [5.74, 6) is 0. The lowest BCUT2D eigenvalue weighted by atomic mass is 9.95. The molecule has 0 radical (unpaired) electrons. The number of rotatable bonds is 1. The third kappa shape index (κ3) is 1.93. The molecule has 0 aliphatic heterocycles. The van der Waals surface area contributed by atoms with Crippen LogP contribution in [0.1, 0.15) is 38.1 Å². The van der Waals surface area contributed by atoms with Gasteiger partial charge in [0.25, 0.3) is 5.56 Å². The van der Waals surface area contributed by atoms with Gasteiger partial charge in [-0.25, -0.2) is 4.98 Å². The molecule has 1 heterocycles. The van der Waals surface area contributed by atoms with Gasteiger partial charge in [0.1, 0.15) is 0 Å². The Morgan fingerprint density at radius 1 is 1.22 bits per heavy atom. The highest BCUT2D eigenvalue weighted by atomic mass is 35.5. The molecule has 4 heteroatoms. The maximum atomic E-state index is 12.5. The smallest absolute Gasteiger partial charge is 0.262 e. The highest BCUT2D eigenvalue weighted by molar-refractivity contribution is 6.35. The first-order valence-corrected chi connectivity index (χ1v) is 6.80. The Morgan fingerprint density at radius 3 is 2.78 bits per heavy atom. The molecule has 1 aliphatic carbocycles. The molecule has 1 aliphatic rings. The monoisotopic (exact) mass is 262 g/mol. The Hall–Kier alpha value is -1.35. The molecule has 2 aromatic rings. The summed E-state index contributed by atoms with van der Waals surface area (Å²) in [6.45, 7) is 0. The first-order chi connectivity index (χ1) is 8.77. The van der Waals surface area contributed by atoms with Gasteiger partial charge in [-0.3, -0.25) is 9.36 Å². The maximum Gasteiger partial charge on any atom is 0.262 e. The zero-order valence-corrected chi connectivity index (χ0v) is 10.9. The van der Waals surface area contributed by atoms with E-state index in [0.717, 1.165) is 12.8 Å². The van der Waals surface area contributed by atoms with Gasteiger partial charge in [-0.15, -0.1) is 0 Å². The molecule has 3 rings (SSSR count). The normalized spacial score (nSPS) is 17.2. The summed E-state index contributed by atoms with van der Waals surface area (Å²) >= 11 is 6.12. The Bertz CT molecular complexity index is 629. The van der Waals surface area contributed by atoms with Crippen molar-refractivity contribution >= 4 is 22.5 Å². The standard InChI is InChI=1S/C14H15ClN2O/c15-11-7-4-8-12-13(11)14(18)17(9-16-12)10-5-2-1-3-6-10/h4,7-10H,1-3,5-6H2. The van der Waals surface area contributed by atoms with Crippen molar-refractivity contribution in [3.8, 4) is 0 Å². The number of hydrogen-bond acceptors (Lipinski definition) is 2. The fraction of sp³-hybridized carbons (Fsp3) is 0.429. The minimum Gasteiger partial charge on any atom is -0.296 e. The summed E-state index contributed by atoms with van der Waals surface area (Å²) in [5, 5.41) is 1.04. The Morgan fingerprint density at radius 2 is 2.00 bits per heavy atom. The fourth-order valence-corrected chi connectivity index (χ4v) is 3.01. The second-order valence-corrected chi connectivity index (χ2v) is 5.29. The summed E-state index contributed by atoms with van der Waals surface area (Å²) in [7, 11) is 0. The topological polar surface area (TPSA) is 34.9 Å². The van der Waals surface area contributed by atoms with Crippen molar-refractivity contribution in [2.75, 3.05) is 0 Å². The van der Waals surface area contributed by atoms with E-state index in [1.54, 1.807) is 17.0 Å². The second kappa shape index (κ2) is 4.73. The van der Waals surface area contributed by atoms with E-state index in [-0.39, 0.29) is 5.56 Å². The van der Waals surface area contributed by atoms with Gasteiger partial charge in [-0.1, -0.05) is 36.9 Å². The van der Waals surface area contributed by atoms with Crippen LogP contribution in [0, 0.1) is 0 Å². The van der Waals surface area contributed by atoms with Crippen LogP contribution in [0.3, 0.4) is 0 Å². The van der Waals surface area contributed by atoms with E-state index in [0.29, 0.717) is 22.0 Å². The van der Waals surface area contributed by atoms with Gasteiger partial charge in [0.15, 0.2) is 0 Å². The molecule has 1 fully saturated rings. The third-order valence-corrected chi connectivity index (χ3v) is 4.04. The van der Waals surface area contributed by atoms with Crippen molar-refractivity contribution in [2.45, 2.75) is 38.1 Å². The SMILES string of the molecule is O=c1c2c(Cl)cccc2ncn1C1CCCCC1. The Labute approximate surface area is 110 Å². The maximum absolute atomic E-state index is 12.5. The van der Waals surface area contributed by atoms with Crippen molar-refractivity contribution in [1.29, 1.82) is 0 Å². The first kappa shape index (κ1) is 11.7. The average molecular weight is 263 g/mol. The summed E-state index contributed by atoms with van der Waals surface area (Å²) in [6.07, 6.45) is 7.47. The molecule has 0 unspecified atom stereocenters. The molecule has 0 spiro atoms. The van der Waals surface area contributed by atoms with E-state index in [1.807, 2.05) is 12.1 Å². The fourth-order valence-electron chi connectivity index (χ4n) is 2.76. The highest BCUT2D eigenvalue weighted by Gasteiger charge is 2.18. The number of fused-ring (bicyclic) bond motifs is 1. The van der Waals surface area contributed by atoms with Crippen molar-refractivity contribution in [1.82, 2.24) is 9.55 Å². The van der Waals surface area contributed by atoms with Gasteiger partial charge in [0.05, 0.1) is 22.3 Å². The van der Waals surface area contributed by atoms with Gasteiger partial charge in [-0.2, -0.15) is 0 Å². The highest BCUT2D eigenvalue weighted by Crippen LogP contribution is 2.27. The van der Waals surface area contributed by atoms with Gasteiger partial charge in [-0.05, 0) is 25.0 Å². The van der Waals surface area contributed by atoms with Gasteiger partial charge in [0.2, 0.25) is 0 Å². The summed E-state index contributed by atoms with van der Waals surface area (Å²) in [6, 6.07) is 5.69. The minimum absolute atomic E-state index is 0.00231. The Kier molecular flexibility index (Phi) is 3.08. The molecule has 1 aromatic carbocycles. The lowest BCUT2D eigenvalue weighted by molar-refractivity contribution is 0.345. The van der Waals surface area contributed by atoms with E-state index in [9.17, 15) is 4.79 Å². The van der Waals surface area contributed by atoms with E-state index in [1.165, 1.54) is 19.3 Å². The van der Waals surface area contributed by atoms with Gasteiger partial charge < -0.3 is 0 Å². The van der Waals surface area contributed by atoms with Crippen LogP contribution in [0.4, 0.5) is 0 Å². The van der Waals surface area contributed by atoms with Crippen molar-refractivity contribution in [3.63, 3.8) is 0 Å². The van der Waals surface area contributed by atoms with E-state index >= 15 is 0 Å². The minimum atomic E-state index is -0.00231. The zero-order chi connectivity index (χ0) is 12.5. The van der Waals surface area contributed by atoms with E-state index in [2.05, 4.69) is 4.98 Å². The van der Waals surface area contributed by atoms with Crippen LogP contribution < -0.4 is 5.56 Å². The van der Waals surface area contributed by atoms with Crippen molar-refractivity contribution < 1.29 is 0 Å². The number of nitrogens with zero attached hydrogens (tertiary/aromatic N) is 2. The number of benzene rings is 1. The molecule has 0 saturated heterocycles. The average Bonchev–Trinajstić information content (AvgIpc) is 2.40. The quantitative estimate of drug-likeness (QED) is 0.788. The van der Waals surface area contributed by atoms with Crippen LogP contribution in [-0.4, -0.2) is 9.55 Å². The van der Waals surface area contributed by atoms with Crippen molar-refractivity contribution in [2.24, 2.45) is 0 Å². The van der Waals surface area contributed by atoms with Crippen LogP contribution in [0.2, 0.25) is 5.02 Å². The molecular weight excluding hydrogens is 248 g/mol. The van der Waals surface area contributed by atoms with E-state index < -0.39 is 0 Å². The van der Waals surface area contributed by atoms with Gasteiger partial charge >= 0.3 is 0 Å². The van der Waals surface area contributed by atoms with Crippen LogP contribution in [0.25, 0.3) is 10.9 Å². The lowest BCUT2D eigenvalue weighted by Crippen LogP contribution is -2.26. The summed E-state index contributed by atoms with van der Waals surface area (Å²) in [4.78, 5) is 16.8. The molecule has 0 N–H and O–H groups in total. The molecule has 3 nitrogen and oxygen atoms in total.